The van der Waals surface area contributed by atoms with E-state index in [1.807, 2.05) is 0 Å². The van der Waals surface area contributed by atoms with Crippen molar-refractivity contribution in [2.45, 2.75) is 26.3 Å². The van der Waals surface area contributed by atoms with Gasteiger partial charge >= 0.3 is 0 Å². The molecule has 1 aliphatic rings. The Balaban J connectivity index is 2.00. The first-order chi connectivity index (χ1) is 7.15. The number of hydrogen-bond donors (Lipinski definition) is 0. The average Bonchev–Trinajstić information content (AvgIpc) is 2.56. The van der Waals surface area contributed by atoms with Crippen LogP contribution < -0.4 is 0 Å². The average molecular weight is 209 g/mol. The van der Waals surface area contributed by atoms with Crippen LogP contribution in [0, 0.1) is 6.92 Å². The zero-order valence-electron chi connectivity index (χ0n) is 8.39. The first kappa shape index (κ1) is 9.82. The summed E-state index contributed by atoms with van der Waals surface area (Å²) in [5.74, 6) is 0.801. The van der Waals surface area contributed by atoms with Gasteiger partial charge in [-0.05, 0) is 0 Å². The fraction of sp³-hybridized carbons (Fsp3) is 0.556. The summed E-state index contributed by atoms with van der Waals surface area (Å²) in [6.45, 7) is 2.47. The number of amides is 1. The topological polar surface area (TPSA) is 76.3 Å². The molecule has 0 unspecified atom stereocenters. The number of rotatable bonds is 2. The maximum absolute atomic E-state index is 11.4. The maximum atomic E-state index is 11.4. The van der Waals surface area contributed by atoms with Crippen molar-refractivity contribution in [3.05, 3.63) is 11.7 Å². The molecule has 0 saturated carbocycles. The van der Waals surface area contributed by atoms with Crippen LogP contribution in [0.2, 0.25) is 0 Å². The molecule has 80 valence electrons. The second kappa shape index (κ2) is 3.80. The normalized spacial score (nSPS) is 17.3. The molecular weight excluding hydrogens is 198 g/mol. The van der Waals surface area contributed by atoms with E-state index in [-0.39, 0.29) is 18.1 Å². The van der Waals surface area contributed by atoms with Crippen molar-refractivity contribution in [3.63, 3.8) is 0 Å². The summed E-state index contributed by atoms with van der Waals surface area (Å²) in [5, 5.41) is 3.70. The number of Topliss-reactive ketones (excluding diaryl/α,β-unsaturated/α-hetero) is 1. The molecule has 0 N–H and O–H groups in total. The van der Waals surface area contributed by atoms with E-state index in [1.165, 1.54) is 0 Å². The van der Waals surface area contributed by atoms with Gasteiger partial charge in [0.1, 0.15) is 5.78 Å². The Bertz CT molecular complexity index is 399. The predicted molar refractivity (Wildman–Crippen MR) is 48.7 cm³/mol. The van der Waals surface area contributed by atoms with Crippen LogP contribution in [0.15, 0.2) is 4.52 Å². The number of ketones is 1. The summed E-state index contributed by atoms with van der Waals surface area (Å²) < 4.78 is 4.80. The molecule has 1 amide bonds. The van der Waals surface area contributed by atoms with E-state index >= 15 is 0 Å². The molecule has 6 nitrogen and oxygen atoms in total. The van der Waals surface area contributed by atoms with Gasteiger partial charge in [-0.2, -0.15) is 4.98 Å². The molecule has 2 heterocycles. The summed E-state index contributed by atoms with van der Waals surface area (Å²) in [6.07, 6.45) is 0.416. The van der Waals surface area contributed by atoms with Crippen LogP contribution in [0.3, 0.4) is 0 Å². The molecule has 6 heteroatoms. The lowest BCUT2D eigenvalue weighted by atomic mass is 10.1. The van der Waals surface area contributed by atoms with Gasteiger partial charge in [-0.25, -0.2) is 0 Å². The van der Waals surface area contributed by atoms with Gasteiger partial charge in [-0.15, -0.1) is 0 Å². The summed E-state index contributed by atoms with van der Waals surface area (Å²) in [7, 11) is 0. The number of nitrogens with zero attached hydrogens (tertiary/aromatic N) is 3. The first-order valence-electron chi connectivity index (χ1n) is 4.74. The Morgan fingerprint density at radius 3 is 2.87 bits per heavy atom. The van der Waals surface area contributed by atoms with E-state index in [1.54, 1.807) is 11.8 Å². The van der Waals surface area contributed by atoms with Crippen LogP contribution in [-0.4, -0.2) is 33.3 Å². The SMILES string of the molecule is Cc1nc(CN2CCC(=O)CC2=O)no1. The molecule has 1 aromatic heterocycles. The fourth-order valence-corrected chi connectivity index (χ4v) is 1.50. The molecule has 0 atom stereocenters. The third-order valence-corrected chi connectivity index (χ3v) is 2.26. The van der Waals surface area contributed by atoms with E-state index in [0.29, 0.717) is 31.2 Å². The van der Waals surface area contributed by atoms with Gasteiger partial charge in [0.2, 0.25) is 11.8 Å². The Morgan fingerprint density at radius 1 is 1.47 bits per heavy atom. The minimum atomic E-state index is -0.159. The number of likely N-dealkylation sites (tertiary alicyclic amines) is 1. The molecule has 0 spiro atoms. The molecule has 0 aliphatic carbocycles. The van der Waals surface area contributed by atoms with Crippen molar-refractivity contribution in [3.8, 4) is 0 Å². The van der Waals surface area contributed by atoms with Gasteiger partial charge in [-0.3, -0.25) is 9.59 Å². The molecule has 2 rings (SSSR count). The molecule has 1 aliphatic heterocycles. The van der Waals surface area contributed by atoms with Crippen molar-refractivity contribution in [1.29, 1.82) is 0 Å². The van der Waals surface area contributed by atoms with Crippen molar-refractivity contribution in [2.75, 3.05) is 6.54 Å². The van der Waals surface area contributed by atoms with Gasteiger partial charge in [0.05, 0.1) is 13.0 Å². The van der Waals surface area contributed by atoms with Gasteiger partial charge in [0, 0.05) is 19.9 Å². The summed E-state index contributed by atoms with van der Waals surface area (Å²) in [6, 6.07) is 0. The fourth-order valence-electron chi connectivity index (χ4n) is 1.50. The van der Waals surface area contributed by atoms with Gasteiger partial charge in [0.25, 0.3) is 0 Å². The highest BCUT2D eigenvalue weighted by atomic mass is 16.5. The molecule has 1 aromatic rings. The lowest BCUT2D eigenvalue weighted by Gasteiger charge is -2.24. The highest BCUT2D eigenvalue weighted by molar-refractivity contribution is 6.00. The molecule has 0 aromatic carbocycles. The van der Waals surface area contributed by atoms with Crippen molar-refractivity contribution in [1.82, 2.24) is 15.0 Å². The second-order valence-corrected chi connectivity index (χ2v) is 3.51. The number of carbonyl (C=O) groups is 2. The smallest absolute Gasteiger partial charge is 0.230 e. The molecule has 15 heavy (non-hydrogen) atoms. The number of piperidine rings is 1. The summed E-state index contributed by atoms with van der Waals surface area (Å²) in [4.78, 5) is 28.0. The lowest BCUT2D eigenvalue weighted by Crippen LogP contribution is -2.38. The van der Waals surface area contributed by atoms with E-state index in [4.69, 9.17) is 4.52 Å². The minimum Gasteiger partial charge on any atom is -0.340 e. The Labute approximate surface area is 86.2 Å². The van der Waals surface area contributed by atoms with Crippen LogP contribution in [-0.2, 0) is 16.1 Å². The van der Waals surface area contributed by atoms with E-state index in [2.05, 4.69) is 10.1 Å². The molecule has 1 fully saturated rings. The third kappa shape index (κ3) is 2.20. The van der Waals surface area contributed by atoms with Crippen molar-refractivity contribution in [2.24, 2.45) is 0 Å². The van der Waals surface area contributed by atoms with Crippen LogP contribution in [0.1, 0.15) is 24.6 Å². The van der Waals surface area contributed by atoms with Crippen molar-refractivity contribution >= 4 is 11.7 Å². The largest absolute Gasteiger partial charge is 0.340 e. The van der Waals surface area contributed by atoms with E-state index in [0.717, 1.165) is 0 Å². The monoisotopic (exact) mass is 209 g/mol. The molecular formula is C9H11N3O3. The molecule has 1 saturated heterocycles. The van der Waals surface area contributed by atoms with Crippen LogP contribution in [0.4, 0.5) is 0 Å². The zero-order valence-corrected chi connectivity index (χ0v) is 8.39. The summed E-state index contributed by atoms with van der Waals surface area (Å²) >= 11 is 0. The Kier molecular flexibility index (Phi) is 2.49. The maximum Gasteiger partial charge on any atom is 0.230 e. The van der Waals surface area contributed by atoms with E-state index < -0.39 is 0 Å². The zero-order chi connectivity index (χ0) is 10.8. The standard InChI is InChI=1S/C9H11N3O3/c1-6-10-8(11-15-6)5-12-3-2-7(13)4-9(12)14/h2-5H2,1H3. The van der Waals surface area contributed by atoms with Crippen LogP contribution in [0.5, 0.6) is 0 Å². The number of aromatic nitrogens is 2. The van der Waals surface area contributed by atoms with Gasteiger partial charge < -0.3 is 9.42 Å². The van der Waals surface area contributed by atoms with Crippen molar-refractivity contribution < 1.29 is 14.1 Å². The number of carbonyl (C=O) groups excluding carboxylic acids is 2. The second-order valence-electron chi connectivity index (χ2n) is 3.51. The minimum absolute atomic E-state index is 0.000502. The molecule has 0 bridgehead atoms. The quantitative estimate of drug-likeness (QED) is 0.644. The number of hydrogen-bond acceptors (Lipinski definition) is 5. The third-order valence-electron chi connectivity index (χ3n) is 2.26. The highest BCUT2D eigenvalue weighted by Gasteiger charge is 2.24. The van der Waals surface area contributed by atoms with Gasteiger partial charge in [0.15, 0.2) is 5.82 Å². The Hall–Kier alpha value is -1.72. The van der Waals surface area contributed by atoms with Crippen LogP contribution in [0.25, 0.3) is 0 Å². The van der Waals surface area contributed by atoms with Crippen LogP contribution >= 0.6 is 0 Å². The number of aryl methyl sites for hydroxylation is 1. The van der Waals surface area contributed by atoms with Gasteiger partial charge in [-0.1, -0.05) is 5.16 Å². The van der Waals surface area contributed by atoms with E-state index in [9.17, 15) is 9.59 Å². The first-order valence-corrected chi connectivity index (χ1v) is 4.74. The summed E-state index contributed by atoms with van der Waals surface area (Å²) in [5.41, 5.74) is 0. The lowest BCUT2D eigenvalue weighted by molar-refractivity contribution is -0.140. The Morgan fingerprint density at radius 2 is 2.27 bits per heavy atom. The highest BCUT2D eigenvalue weighted by Crippen LogP contribution is 2.10. The predicted octanol–water partition coefficient (Wildman–Crippen LogP) is 0.0695. The molecule has 0 radical (unpaired) electrons.